The molecular weight excluding hydrogens is 274 g/mol. The van der Waals surface area contributed by atoms with Gasteiger partial charge in [-0.2, -0.15) is 0 Å². The minimum atomic E-state index is -0.0520. The summed E-state index contributed by atoms with van der Waals surface area (Å²) in [7, 11) is 0. The summed E-state index contributed by atoms with van der Waals surface area (Å²) in [5.74, 6) is 0.259. The molecule has 3 N–H and O–H groups in total. The highest BCUT2D eigenvalue weighted by Gasteiger charge is 2.32. The normalized spacial score (nSPS) is 17.3. The standard InChI is InChI=1S/C15H16ClN3O/c16-11-7-13(18-8-11)15(20)19-9-10(5-6-17)12-3-1-2-4-14(12)19/h1-4,7-8,10,18H,5-6,9,17H2. The average Bonchev–Trinajstić information content (AvgIpc) is 3.04. The van der Waals surface area contributed by atoms with Gasteiger partial charge in [0.1, 0.15) is 5.69 Å². The molecule has 0 aliphatic carbocycles. The Balaban J connectivity index is 1.93. The van der Waals surface area contributed by atoms with Crippen molar-refractivity contribution >= 4 is 23.2 Å². The first-order valence-electron chi connectivity index (χ1n) is 6.65. The van der Waals surface area contributed by atoms with Crippen LogP contribution in [0.2, 0.25) is 5.02 Å². The van der Waals surface area contributed by atoms with Crippen molar-refractivity contribution in [1.29, 1.82) is 0 Å². The van der Waals surface area contributed by atoms with Crippen LogP contribution in [-0.2, 0) is 0 Å². The van der Waals surface area contributed by atoms with Crippen LogP contribution < -0.4 is 10.6 Å². The molecule has 5 heteroatoms. The Hall–Kier alpha value is -1.78. The van der Waals surface area contributed by atoms with Gasteiger partial charge in [0.2, 0.25) is 0 Å². The van der Waals surface area contributed by atoms with E-state index in [0.717, 1.165) is 12.1 Å². The summed E-state index contributed by atoms with van der Waals surface area (Å²) in [6, 6.07) is 9.66. The Bertz CT molecular complexity index is 638. The minimum absolute atomic E-state index is 0.0520. The van der Waals surface area contributed by atoms with Gasteiger partial charge in [0.05, 0.1) is 5.02 Å². The van der Waals surface area contributed by atoms with Gasteiger partial charge in [0.15, 0.2) is 0 Å². The summed E-state index contributed by atoms with van der Waals surface area (Å²) in [6.07, 6.45) is 2.50. The van der Waals surface area contributed by atoms with Gasteiger partial charge in [-0.1, -0.05) is 29.8 Å². The largest absolute Gasteiger partial charge is 0.356 e. The van der Waals surface area contributed by atoms with Gasteiger partial charge >= 0.3 is 0 Å². The van der Waals surface area contributed by atoms with Crippen LogP contribution in [0.4, 0.5) is 5.69 Å². The fourth-order valence-corrected chi connectivity index (χ4v) is 2.94. The lowest BCUT2D eigenvalue weighted by Gasteiger charge is -2.17. The number of rotatable bonds is 3. The van der Waals surface area contributed by atoms with Gasteiger partial charge in [-0.15, -0.1) is 0 Å². The summed E-state index contributed by atoms with van der Waals surface area (Å²) in [6.45, 7) is 1.29. The molecule has 20 heavy (non-hydrogen) atoms. The average molecular weight is 290 g/mol. The molecule has 0 saturated heterocycles. The predicted molar refractivity (Wildman–Crippen MR) is 80.3 cm³/mol. The number of benzene rings is 1. The molecule has 0 bridgehead atoms. The second-order valence-electron chi connectivity index (χ2n) is 4.98. The highest BCUT2D eigenvalue weighted by Crippen LogP contribution is 2.38. The van der Waals surface area contributed by atoms with Gasteiger partial charge < -0.3 is 15.6 Å². The Kier molecular flexibility index (Phi) is 3.51. The highest BCUT2D eigenvalue weighted by atomic mass is 35.5. The lowest BCUT2D eigenvalue weighted by Crippen LogP contribution is -2.30. The maximum Gasteiger partial charge on any atom is 0.274 e. The number of carbonyl (C=O) groups excluding carboxylic acids is 1. The maximum atomic E-state index is 12.6. The predicted octanol–water partition coefficient (Wildman–Crippen LogP) is 2.76. The molecule has 4 nitrogen and oxygen atoms in total. The summed E-state index contributed by atoms with van der Waals surface area (Å²) < 4.78 is 0. The van der Waals surface area contributed by atoms with Crippen molar-refractivity contribution in [2.45, 2.75) is 12.3 Å². The fraction of sp³-hybridized carbons (Fsp3) is 0.267. The van der Waals surface area contributed by atoms with Crippen molar-refractivity contribution in [2.24, 2.45) is 5.73 Å². The van der Waals surface area contributed by atoms with E-state index in [4.69, 9.17) is 17.3 Å². The number of fused-ring (bicyclic) bond motifs is 1. The van der Waals surface area contributed by atoms with Crippen LogP contribution in [0.25, 0.3) is 0 Å². The molecule has 1 aromatic heterocycles. The molecule has 104 valence electrons. The van der Waals surface area contributed by atoms with Crippen LogP contribution in [0.15, 0.2) is 36.5 Å². The number of para-hydroxylation sites is 1. The lowest BCUT2D eigenvalue weighted by molar-refractivity contribution is 0.0984. The molecule has 1 unspecified atom stereocenters. The molecule has 0 spiro atoms. The second-order valence-corrected chi connectivity index (χ2v) is 5.42. The van der Waals surface area contributed by atoms with Crippen molar-refractivity contribution in [3.63, 3.8) is 0 Å². The molecule has 1 aliphatic heterocycles. The quantitative estimate of drug-likeness (QED) is 0.913. The Morgan fingerprint density at radius 3 is 2.95 bits per heavy atom. The van der Waals surface area contributed by atoms with Crippen molar-refractivity contribution < 1.29 is 4.79 Å². The van der Waals surface area contributed by atoms with Crippen LogP contribution in [-0.4, -0.2) is 24.0 Å². The summed E-state index contributed by atoms with van der Waals surface area (Å²) >= 11 is 5.87. The third kappa shape index (κ3) is 2.21. The van der Waals surface area contributed by atoms with E-state index in [-0.39, 0.29) is 5.91 Å². The second kappa shape index (κ2) is 5.31. The molecule has 2 aromatic rings. The van der Waals surface area contributed by atoms with E-state index in [0.29, 0.717) is 29.7 Å². The number of nitrogens with zero attached hydrogens (tertiary/aromatic N) is 1. The van der Waals surface area contributed by atoms with Crippen LogP contribution >= 0.6 is 11.6 Å². The smallest absolute Gasteiger partial charge is 0.274 e. The number of amides is 1. The highest BCUT2D eigenvalue weighted by molar-refractivity contribution is 6.31. The third-order valence-corrected chi connectivity index (χ3v) is 3.93. The number of aromatic nitrogens is 1. The summed E-state index contributed by atoms with van der Waals surface area (Å²) in [4.78, 5) is 17.3. The van der Waals surface area contributed by atoms with Gasteiger partial charge in [-0.3, -0.25) is 4.79 Å². The zero-order valence-corrected chi connectivity index (χ0v) is 11.7. The van der Waals surface area contributed by atoms with Crippen molar-refractivity contribution in [1.82, 2.24) is 4.98 Å². The first-order valence-corrected chi connectivity index (χ1v) is 7.03. The molecule has 3 rings (SSSR count). The maximum absolute atomic E-state index is 12.6. The molecular formula is C15H16ClN3O. The Labute approximate surface area is 122 Å². The third-order valence-electron chi connectivity index (χ3n) is 3.71. The van der Waals surface area contributed by atoms with E-state index in [1.165, 1.54) is 5.56 Å². The van der Waals surface area contributed by atoms with E-state index in [1.807, 2.05) is 18.2 Å². The van der Waals surface area contributed by atoms with Crippen molar-refractivity contribution in [2.75, 3.05) is 18.0 Å². The molecule has 1 aliphatic rings. The number of nitrogens with two attached hydrogens (primary N) is 1. The summed E-state index contributed by atoms with van der Waals surface area (Å²) in [5.41, 5.74) is 8.36. The number of halogens is 1. The Morgan fingerprint density at radius 1 is 1.45 bits per heavy atom. The first-order chi connectivity index (χ1) is 9.70. The molecule has 2 heterocycles. The molecule has 0 fully saturated rings. The van der Waals surface area contributed by atoms with E-state index in [1.54, 1.807) is 17.2 Å². The molecule has 0 saturated carbocycles. The SMILES string of the molecule is NCCC1CN(C(=O)c2cc(Cl)c[nH]2)c2ccccc21. The van der Waals surface area contributed by atoms with E-state index >= 15 is 0 Å². The van der Waals surface area contributed by atoms with Crippen molar-refractivity contribution in [3.05, 3.63) is 52.8 Å². The first kappa shape index (κ1) is 13.2. The number of H-pyrrole nitrogens is 1. The zero-order chi connectivity index (χ0) is 14.1. The van der Waals surface area contributed by atoms with Gasteiger partial charge in [0, 0.05) is 24.3 Å². The molecule has 0 radical (unpaired) electrons. The summed E-state index contributed by atoms with van der Waals surface area (Å²) in [5, 5.41) is 0.541. The topological polar surface area (TPSA) is 62.1 Å². The Morgan fingerprint density at radius 2 is 2.25 bits per heavy atom. The number of aromatic amines is 1. The molecule has 1 amide bonds. The van der Waals surface area contributed by atoms with Crippen molar-refractivity contribution in [3.8, 4) is 0 Å². The fourth-order valence-electron chi connectivity index (χ4n) is 2.77. The zero-order valence-electron chi connectivity index (χ0n) is 11.0. The lowest BCUT2D eigenvalue weighted by atomic mass is 9.98. The van der Waals surface area contributed by atoms with Crippen LogP contribution in [0.1, 0.15) is 28.4 Å². The minimum Gasteiger partial charge on any atom is -0.356 e. The van der Waals surface area contributed by atoms with Crippen LogP contribution in [0, 0.1) is 0 Å². The van der Waals surface area contributed by atoms with Gasteiger partial charge in [-0.25, -0.2) is 0 Å². The van der Waals surface area contributed by atoms with Gasteiger partial charge in [-0.05, 0) is 30.7 Å². The van der Waals surface area contributed by atoms with Crippen LogP contribution in [0.3, 0.4) is 0 Å². The number of hydrogen-bond acceptors (Lipinski definition) is 2. The number of nitrogens with one attached hydrogen (secondary N) is 1. The van der Waals surface area contributed by atoms with Crippen LogP contribution in [0.5, 0.6) is 0 Å². The van der Waals surface area contributed by atoms with E-state index in [9.17, 15) is 4.79 Å². The monoisotopic (exact) mass is 289 g/mol. The number of carbonyl (C=O) groups is 1. The van der Waals surface area contributed by atoms with Gasteiger partial charge in [0.25, 0.3) is 5.91 Å². The number of hydrogen-bond donors (Lipinski definition) is 2. The van der Waals surface area contributed by atoms with E-state index < -0.39 is 0 Å². The molecule has 1 atom stereocenters. The molecule has 1 aromatic carbocycles. The number of anilines is 1. The van der Waals surface area contributed by atoms with E-state index in [2.05, 4.69) is 11.1 Å².